The molecule has 1 aliphatic rings. The first kappa shape index (κ1) is 13.9. The maximum absolute atomic E-state index is 11.0. The van der Waals surface area contributed by atoms with Gasteiger partial charge in [-0.05, 0) is 44.4 Å². The number of rotatable bonds is 6. The van der Waals surface area contributed by atoms with E-state index >= 15 is 0 Å². The molecule has 0 spiro atoms. The van der Waals surface area contributed by atoms with Crippen LogP contribution in [0.1, 0.15) is 24.8 Å². The van der Waals surface area contributed by atoms with Gasteiger partial charge in [0.2, 0.25) is 0 Å². The molecule has 19 heavy (non-hydrogen) atoms. The van der Waals surface area contributed by atoms with Gasteiger partial charge in [-0.25, -0.2) is 0 Å². The third-order valence-corrected chi connectivity index (χ3v) is 3.59. The zero-order valence-electron chi connectivity index (χ0n) is 11.3. The second kappa shape index (κ2) is 6.57. The van der Waals surface area contributed by atoms with Gasteiger partial charge in [0.1, 0.15) is 11.8 Å². The Morgan fingerprint density at radius 1 is 1.47 bits per heavy atom. The Labute approximate surface area is 114 Å². The van der Waals surface area contributed by atoms with Crippen molar-refractivity contribution in [3.05, 3.63) is 29.8 Å². The molecular weight excluding hydrogens is 242 g/mol. The van der Waals surface area contributed by atoms with Crippen LogP contribution >= 0.6 is 0 Å². The summed E-state index contributed by atoms with van der Waals surface area (Å²) in [5.74, 6) is 0.219. The fourth-order valence-electron chi connectivity index (χ4n) is 2.54. The van der Waals surface area contributed by atoms with Crippen LogP contribution in [0, 0.1) is 6.92 Å². The number of para-hydroxylation sites is 1. The maximum Gasteiger partial charge on any atom is 0.320 e. The van der Waals surface area contributed by atoms with E-state index in [2.05, 4.69) is 0 Å². The molecule has 4 nitrogen and oxygen atoms in total. The quantitative estimate of drug-likeness (QED) is 0.800. The molecule has 1 heterocycles. The van der Waals surface area contributed by atoms with Gasteiger partial charge >= 0.3 is 5.97 Å². The minimum absolute atomic E-state index is 0.293. The molecule has 1 saturated heterocycles. The van der Waals surface area contributed by atoms with Crippen LogP contribution in [0.5, 0.6) is 5.75 Å². The molecular formula is C15H21NO3. The number of likely N-dealkylation sites (tertiary alicyclic amines) is 1. The highest BCUT2D eigenvalue weighted by atomic mass is 16.5. The highest BCUT2D eigenvalue weighted by molar-refractivity contribution is 5.73. The molecule has 1 aromatic carbocycles. The standard InChI is InChI=1S/C15H21NO3/c1-12-6-2-3-8-14(12)19-11-5-10-16-9-4-7-13(16)15(17)18/h2-3,6,8,13H,4-5,7,9-11H2,1H3,(H,17,18). The molecule has 0 bridgehead atoms. The molecule has 1 aromatic rings. The van der Waals surface area contributed by atoms with Gasteiger partial charge in [-0.2, -0.15) is 0 Å². The summed E-state index contributed by atoms with van der Waals surface area (Å²) in [6, 6.07) is 7.65. The van der Waals surface area contributed by atoms with E-state index in [1.54, 1.807) is 0 Å². The largest absolute Gasteiger partial charge is 0.493 e. The lowest BCUT2D eigenvalue weighted by molar-refractivity contribution is -0.142. The van der Waals surface area contributed by atoms with Gasteiger partial charge in [-0.15, -0.1) is 0 Å². The van der Waals surface area contributed by atoms with E-state index in [9.17, 15) is 4.79 Å². The molecule has 1 atom stereocenters. The van der Waals surface area contributed by atoms with E-state index < -0.39 is 5.97 Å². The Bertz CT molecular complexity index is 433. The minimum atomic E-state index is -0.697. The van der Waals surface area contributed by atoms with E-state index in [1.165, 1.54) is 0 Å². The average molecular weight is 263 g/mol. The highest BCUT2D eigenvalue weighted by Gasteiger charge is 2.29. The van der Waals surface area contributed by atoms with Crippen LogP contribution in [0.3, 0.4) is 0 Å². The number of benzene rings is 1. The number of carboxylic acid groups (broad SMARTS) is 1. The molecule has 0 saturated carbocycles. The van der Waals surface area contributed by atoms with Crippen molar-refractivity contribution in [1.29, 1.82) is 0 Å². The van der Waals surface area contributed by atoms with Gasteiger partial charge in [0.05, 0.1) is 6.61 Å². The fraction of sp³-hybridized carbons (Fsp3) is 0.533. The topological polar surface area (TPSA) is 49.8 Å². The molecule has 104 valence electrons. The maximum atomic E-state index is 11.0. The SMILES string of the molecule is Cc1ccccc1OCCCN1CCCC1C(=O)O. The number of aliphatic carboxylic acids is 1. The Morgan fingerprint density at radius 3 is 3.00 bits per heavy atom. The summed E-state index contributed by atoms with van der Waals surface area (Å²) < 4.78 is 5.72. The van der Waals surface area contributed by atoms with Crippen LogP contribution in [0.2, 0.25) is 0 Å². The first-order valence-corrected chi connectivity index (χ1v) is 6.84. The molecule has 1 fully saturated rings. The summed E-state index contributed by atoms with van der Waals surface area (Å²) in [5, 5.41) is 9.08. The zero-order valence-corrected chi connectivity index (χ0v) is 11.3. The van der Waals surface area contributed by atoms with E-state index in [4.69, 9.17) is 9.84 Å². The smallest absolute Gasteiger partial charge is 0.320 e. The van der Waals surface area contributed by atoms with Crippen molar-refractivity contribution in [2.75, 3.05) is 19.7 Å². The molecule has 1 unspecified atom stereocenters. The predicted octanol–water partition coefficient (Wildman–Crippen LogP) is 2.31. The van der Waals surface area contributed by atoms with Crippen molar-refractivity contribution in [1.82, 2.24) is 4.90 Å². The second-order valence-electron chi connectivity index (χ2n) is 5.00. The van der Waals surface area contributed by atoms with E-state index in [1.807, 2.05) is 36.1 Å². The Kier molecular flexibility index (Phi) is 4.80. The van der Waals surface area contributed by atoms with Crippen LogP contribution < -0.4 is 4.74 Å². The molecule has 1 N–H and O–H groups in total. The van der Waals surface area contributed by atoms with Gasteiger partial charge in [0, 0.05) is 6.54 Å². The van der Waals surface area contributed by atoms with Crippen LogP contribution in [-0.4, -0.2) is 41.7 Å². The first-order valence-electron chi connectivity index (χ1n) is 6.84. The Morgan fingerprint density at radius 2 is 2.26 bits per heavy atom. The van der Waals surface area contributed by atoms with Gasteiger partial charge in [-0.1, -0.05) is 18.2 Å². The molecule has 2 rings (SSSR count). The summed E-state index contributed by atoms with van der Waals surface area (Å²) in [7, 11) is 0. The summed E-state index contributed by atoms with van der Waals surface area (Å²) in [6.07, 6.45) is 2.61. The Hall–Kier alpha value is -1.55. The van der Waals surface area contributed by atoms with Crippen LogP contribution in [-0.2, 0) is 4.79 Å². The molecule has 0 amide bonds. The summed E-state index contributed by atoms with van der Waals surface area (Å²) >= 11 is 0. The summed E-state index contributed by atoms with van der Waals surface area (Å²) in [4.78, 5) is 13.1. The lowest BCUT2D eigenvalue weighted by Crippen LogP contribution is -2.36. The van der Waals surface area contributed by atoms with Gasteiger partial charge in [0.25, 0.3) is 0 Å². The lowest BCUT2D eigenvalue weighted by atomic mass is 10.2. The minimum Gasteiger partial charge on any atom is -0.493 e. The molecule has 4 heteroatoms. The predicted molar refractivity (Wildman–Crippen MR) is 73.5 cm³/mol. The van der Waals surface area contributed by atoms with Crippen LogP contribution in [0.15, 0.2) is 24.3 Å². The van der Waals surface area contributed by atoms with Crippen molar-refractivity contribution in [3.63, 3.8) is 0 Å². The molecule has 0 radical (unpaired) electrons. The molecule has 1 aliphatic heterocycles. The summed E-state index contributed by atoms with van der Waals surface area (Å²) in [5.41, 5.74) is 1.13. The van der Waals surface area contributed by atoms with Crippen molar-refractivity contribution in [3.8, 4) is 5.75 Å². The molecule has 0 aromatic heterocycles. The third kappa shape index (κ3) is 3.70. The van der Waals surface area contributed by atoms with E-state index in [-0.39, 0.29) is 6.04 Å². The monoisotopic (exact) mass is 263 g/mol. The number of aryl methyl sites for hydroxylation is 1. The third-order valence-electron chi connectivity index (χ3n) is 3.59. The Balaban J connectivity index is 1.72. The van der Waals surface area contributed by atoms with Crippen molar-refractivity contribution in [2.24, 2.45) is 0 Å². The van der Waals surface area contributed by atoms with Crippen molar-refractivity contribution < 1.29 is 14.6 Å². The zero-order chi connectivity index (χ0) is 13.7. The average Bonchev–Trinajstić information content (AvgIpc) is 2.85. The number of ether oxygens (including phenoxy) is 1. The fourth-order valence-corrected chi connectivity index (χ4v) is 2.54. The number of carboxylic acids is 1. The van der Waals surface area contributed by atoms with Gasteiger partial charge < -0.3 is 9.84 Å². The summed E-state index contributed by atoms with van der Waals surface area (Å²) in [6.45, 7) is 4.34. The van der Waals surface area contributed by atoms with E-state index in [0.717, 1.165) is 43.7 Å². The number of hydrogen-bond acceptors (Lipinski definition) is 3. The number of carbonyl (C=O) groups is 1. The van der Waals surface area contributed by atoms with Gasteiger partial charge in [-0.3, -0.25) is 9.69 Å². The van der Waals surface area contributed by atoms with Crippen LogP contribution in [0.25, 0.3) is 0 Å². The van der Waals surface area contributed by atoms with Crippen molar-refractivity contribution >= 4 is 5.97 Å². The first-order chi connectivity index (χ1) is 9.18. The lowest BCUT2D eigenvalue weighted by Gasteiger charge is -2.20. The molecule has 0 aliphatic carbocycles. The normalized spacial score (nSPS) is 19.5. The number of nitrogens with zero attached hydrogens (tertiary/aromatic N) is 1. The van der Waals surface area contributed by atoms with E-state index in [0.29, 0.717) is 6.61 Å². The second-order valence-corrected chi connectivity index (χ2v) is 5.00. The highest BCUT2D eigenvalue weighted by Crippen LogP contribution is 2.19. The van der Waals surface area contributed by atoms with Gasteiger partial charge in [0.15, 0.2) is 0 Å². The van der Waals surface area contributed by atoms with Crippen molar-refractivity contribution in [2.45, 2.75) is 32.2 Å². The number of hydrogen-bond donors (Lipinski definition) is 1. The van der Waals surface area contributed by atoms with Crippen LogP contribution in [0.4, 0.5) is 0 Å².